The third-order valence-electron chi connectivity index (χ3n) is 2.55. The zero-order valence-corrected chi connectivity index (χ0v) is 11.7. The minimum Gasteiger partial charge on any atom is -0.491 e. The van der Waals surface area contributed by atoms with Gasteiger partial charge in [-0.1, -0.05) is 24.9 Å². The molecule has 1 aromatic rings. The molecule has 0 radical (unpaired) electrons. The Morgan fingerprint density at radius 3 is 2.72 bits per heavy atom. The molecule has 1 atom stereocenters. The molecular formula is C14H21ClO3. The number of hydrogen-bond donors (Lipinski definition) is 1. The van der Waals surface area contributed by atoms with Crippen LogP contribution < -0.4 is 4.74 Å². The van der Waals surface area contributed by atoms with Crippen LogP contribution in [-0.4, -0.2) is 24.9 Å². The second-order valence-electron chi connectivity index (χ2n) is 4.17. The molecule has 0 aliphatic rings. The zero-order valence-electron chi connectivity index (χ0n) is 11.0. The Labute approximate surface area is 114 Å². The fraction of sp³-hybridized carbons (Fsp3) is 0.571. The lowest BCUT2D eigenvalue weighted by molar-refractivity contribution is 0.0962. The molecule has 0 heterocycles. The summed E-state index contributed by atoms with van der Waals surface area (Å²) in [5.41, 5.74) is 0.705. The first-order valence-corrected chi connectivity index (χ1v) is 6.71. The van der Waals surface area contributed by atoms with Gasteiger partial charge in [-0.2, -0.15) is 0 Å². The molecule has 3 nitrogen and oxygen atoms in total. The van der Waals surface area contributed by atoms with E-state index < -0.39 is 6.10 Å². The molecule has 0 amide bonds. The molecule has 1 N–H and O–H groups in total. The highest BCUT2D eigenvalue weighted by Crippen LogP contribution is 2.28. The molecule has 0 aliphatic carbocycles. The summed E-state index contributed by atoms with van der Waals surface area (Å²) in [7, 11) is 0. The average Bonchev–Trinajstić information content (AvgIpc) is 2.35. The van der Waals surface area contributed by atoms with Crippen molar-refractivity contribution < 1.29 is 14.6 Å². The number of halogens is 1. The van der Waals surface area contributed by atoms with Gasteiger partial charge < -0.3 is 14.6 Å². The SMILES string of the molecule is CCCCOCCOc1ccc(Cl)cc1C(C)O. The minimum atomic E-state index is -0.597. The van der Waals surface area contributed by atoms with E-state index in [2.05, 4.69) is 6.92 Å². The monoisotopic (exact) mass is 272 g/mol. The molecule has 4 heteroatoms. The maximum atomic E-state index is 9.63. The third-order valence-corrected chi connectivity index (χ3v) is 2.78. The lowest BCUT2D eigenvalue weighted by atomic mass is 10.1. The first-order valence-electron chi connectivity index (χ1n) is 6.33. The van der Waals surface area contributed by atoms with E-state index in [9.17, 15) is 5.11 Å². The van der Waals surface area contributed by atoms with Gasteiger partial charge in [0.25, 0.3) is 0 Å². The van der Waals surface area contributed by atoms with Gasteiger partial charge in [0.1, 0.15) is 12.4 Å². The van der Waals surface area contributed by atoms with E-state index in [1.165, 1.54) is 0 Å². The van der Waals surface area contributed by atoms with Crippen LogP contribution in [0.25, 0.3) is 0 Å². The smallest absolute Gasteiger partial charge is 0.125 e. The van der Waals surface area contributed by atoms with Gasteiger partial charge in [0, 0.05) is 17.2 Å². The summed E-state index contributed by atoms with van der Waals surface area (Å²) >= 11 is 5.89. The summed E-state index contributed by atoms with van der Waals surface area (Å²) in [6.07, 6.45) is 1.60. The Morgan fingerprint density at radius 1 is 1.28 bits per heavy atom. The number of unbranched alkanes of at least 4 members (excludes halogenated alkanes) is 1. The van der Waals surface area contributed by atoms with Crippen LogP contribution in [0.5, 0.6) is 5.75 Å². The Bertz CT molecular complexity index is 353. The van der Waals surface area contributed by atoms with Crippen LogP contribution in [0.15, 0.2) is 18.2 Å². The molecule has 1 unspecified atom stereocenters. The molecule has 0 aromatic heterocycles. The summed E-state index contributed by atoms with van der Waals surface area (Å²) in [6, 6.07) is 5.25. The van der Waals surface area contributed by atoms with E-state index >= 15 is 0 Å². The summed E-state index contributed by atoms with van der Waals surface area (Å²) in [6.45, 7) is 5.62. The lowest BCUT2D eigenvalue weighted by Crippen LogP contribution is -2.09. The largest absolute Gasteiger partial charge is 0.491 e. The van der Waals surface area contributed by atoms with Crippen LogP contribution in [-0.2, 0) is 4.74 Å². The summed E-state index contributed by atoms with van der Waals surface area (Å²) in [5, 5.41) is 10.2. The highest BCUT2D eigenvalue weighted by atomic mass is 35.5. The second-order valence-corrected chi connectivity index (χ2v) is 4.61. The van der Waals surface area contributed by atoms with Crippen LogP contribution in [0.3, 0.4) is 0 Å². The van der Waals surface area contributed by atoms with E-state index in [1.807, 2.05) is 0 Å². The predicted molar refractivity (Wildman–Crippen MR) is 73.3 cm³/mol. The lowest BCUT2D eigenvalue weighted by Gasteiger charge is -2.14. The number of rotatable bonds is 8. The molecule has 0 spiro atoms. The van der Waals surface area contributed by atoms with Gasteiger partial charge in [-0.25, -0.2) is 0 Å². The van der Waals surface area contributed by atoms with Gasteiger partial charge in [0.2, 0.25) is 0 Å². The van der Waals surface area contributed by atoms with Gasteiger partial charge in [-0.15, -0.1) is 0 Å². The third kappa shape index (κ3) is 5.25. The van der Waals surface area contributed by atoms with E-state index in [0.717, 1.165) is 19.4 Å². The van der Waals surface area contributed by atoms with E-state index in [0.29, 0.717) is 29.5 Å². The minimum absolute atomic E-state index is 0.477. The van der Waals surface area contributed by atoms with Crippen LogP contribution in [0, 0.1) is 0 Å². The van der Waals surface area contributed by atoms with Crippen molar-refractivity contribution in [2.24, 2.45) is 0 Å². The van der Waals surface area contributed by atoms with Crippen LogP contribution >= 0.6 is 11.6 Å². The molecule has 1 rings (SSSR count). The summed E-state index contributed by atoms with van der Waals surface area (Å²) in [5.74, 6) is 0.661. The summed E-state index contributed by atoms with van der Waals surface area (Å²) in [4.78, 5) is 0. The van der Waals surface area contributed by atoms with Gasteiger partial charge in [0.05, 0.1) is 12.7 Å². The van der Waals surface area contributed by atoms with Crippen LogP contribution in [0.2, 0.25) is 5.02 Å². The van der Waals surface area contributed by atoms with Crippen molar-refractivity contribution in [1.29, 1.82) is 0 Å². The van der Waals surface area contributed by atoms with Gasteiger partial charge in [-0.05, 0) is 31.5 Å². The molecule has 0 bridgehead atoms. The number of benzene rings is 1. The number of hydrogen-bond acceptors (Lipinski definition) is 3. The van der Waals surface area contributed by atoms with E-state index in [-0.39, 0.29) is 0 Å². The predicted octanol–water partition coefficient (Wildman–Crippen LogP) is 3.59. The maximum Gasteiger partial charge on any atom is 0.125 e. The standard InChI is InChI=1S/C14H21ClO3/c1-3-4-7-17-8-9-18-14-6-5-12(15)10-13(14)11(2)16/h5-6,10-11,16H,3-4,7-9H2,1-2H3. The molecular weight excluding hydrogens is 252 g/mol. The Hall–Kier alpha value is -0.770. The average molecular weight is 273 g/mol. The normalized spacial score (nSPS) is 12.4. The first-order chi connectivity index (χ1) is 8.65. The highest BCUT2D eigenvalue weighted by Gasteiger charge is 2.09. The number of aliphatic hydroxyl groups excluding tert-OH is 1. The van der Waals surface area contributed by atoms with Gasteiger partial charge >= 0.3 is 0 Å². The molecule has 18 heavy (non-hydrogen) atoms. The first kappa shape index (κ1) is 15.3. The van der Waals surface area contributed by atoms with Crippen molar-refractivity contribution in [3.05, 3.63) is 28.8 Å². The summed E-state index contributed by atoms with van der Waals surface area (Å²) < 4.78 is 11.0. The van der Waals surface area contributed by atoms with Crippen molar-refractivity contribution in [2.45, 2.75) is 32.8 Å². The van der Waals surface area contributed by atoms with Gasteiger partial charge in [-0.3, -0.25) is 0 Å². The molecule has 0 saturated heterocycles. The zero-order chi connectivity index (χ0) is 13.4. The van der Waals surface area contributed by atoms with Crippen molar-refractivity contribution in [2.75, 3.05) is 19.8 Å². The quantitative estimate of drug-likeness (QED) is 0.735. The highest BCUT2D eigenvalue weighted by molar-refractivity contribution is 6.30. The van der Waals surface area contributed by atoms with Crippen LogP contribution in [0.4, 0.5) is 0 Å². The molecule has 1 aromatic carbocycles. The van der Waals surface area contributed by atoms with Crippen molar-refractivity contribution in [3.63, 3.8) is 0 Å². The van der Waals surface area contributed by atoms with E-state index in [1.54, 1.807) is 25.1 Å². The fourth-order valence-electron chi connectivity index (χ4n) is 1.54. The topological polar surface area (TPSA) is 38.7 Å². The Balaban J connectivity index is 2.42. The Kier molecular flexibility index (Phi) is 7.09. The maximum absolute atomic E-state index is 9.63. The molecule has 0 fully saturated rings. The number of aliphatic hydroxyl groups is 1. The molecule has 0 aliphatic heterocycles. The van der Waals surface area contributed by atoms with Crippen molar-refractivity contribution in [1.82, 2.24) is 0 Å². The fourth-order valence-corrected chi connectivity index (χ4v) is 1.72. The molecule has 0 saturated carbocycles. The van der Waals surface area contributed by atoms with Crippen molar-refractivity contribution in [3.8, 4) is 5.75 Å². The molecule has 102 valence electrons. The van der Waals surface area contributed by atoms with Crippen molar-refractivity contribution >= 4 is 11.6 Å². The Morgan fingerprint density at radius 2 is 2.06 bits per heavy atom. The van der Waals surface area contributed by atoms with E-state index in [4.69, 9.17) is 21.1 Å². The second kappa shape index (κ2) is 8.35. The van der Waals surface area contributed by atoms with Gasteiger partial charge in [0.15, 0.2) is 0 Å². The van der Waals surface area contributed by atoms with Crippen LogP contribution in [0.1, 0.15) is 38.4 Å². The number of ether oxygens (including phenoxy) is 2.